The van der Waals surface area contributed by atoms with E-state index >= 15 is 0 Å². The minimum absolute atomic E-state index is 0.0869. The quantitative estimate of drug-likeness (QED) is 0.800. The summed E-state index contributed by atoms with van der Waals surface area (Å²) in [4.78, 5) is 0. The molecule has 0 heterocycles. The summed E-state index contributed by atoms with van der Waals surface area (Å²) >= 11 is 0. The number of nitrogens with one attached hydrogen (secondary N) is 1. The van der Waals surface area contributed by atoms with Crippen molar-refractivity contribution < 1.29 is 4.39 Å². The molecule has 0 fully saturated rings. The number of benzene rings is 1. The molecule has 1 N–H and O–H groups in total. The fourth-order valence-electron chi connectivity index (χ4n) is 2.10. The van der Waals surface area contributed by atoms with E-state index in [0.29, 0.717) is 11.5 Å². The summed E-state index contributed by atoms with van der Waals surface area (Å²) in [7, 11) is 0. The Morgan fingerprint density at radius 2 is 1.89 bits per heavy atom. The Kier molecular flexibility index (Phi) is 5.80. The lowest BCUT2D eigenvalue weighted by molar-refractivity contribution is 0.329. The molecule has 0 amide bonds. The summed E-state index contributed by atoms with van der Waals surface area (Å²) < 4.78 is 13.6. The van der Waals surface area contributed by atoms with Crippen molar-refractivity contribution in [3.05, 3.63) is 35.6 Å². The van der Waals surface area contributed by atoms with E-state index in [9.17, 15) is 4.39 Å². The summed E-state index contributed by atoms with van der Waals surface area (Å²) in [6.45, 7) is 9.78. The van der Waals surface area contributed by atoms with Crippen LogP contribution in [0.4, 0.5) is 4.39 Å². The van der Waals surface area contributed by atoms with Crippen LogP contribution in [0.3, 0.4) is 0 Å². The Labute approximate surface area is 111 Å². The molecule has 0 spiro atoms. The summed E-state index contributed by atoms with van der Waals surface area (Å²) in [5, 5.41) is 3.46. The van der Waals surface area contributed by atoms with Crippen LogP contribution < -0.4 is 5.32 Å². The predicted octanol–water partition coefficient (Wildman–Crippen LogP) is 4.17. The van der Waals surface area contributed by atoms with Gasteiger partial charge < -0.3 is 5.32 Å². The van der Waals surface area contributed by atoms with Gasteiger partial charge in [0.05, 0.1) is 0 Å². The number of hydrogen-bond donors (Lipinski definition) is 1. The van der Waals surface area contributed by atoms with Gasteiger partial charge in [-0.15, -0.1) is 0 Å². The molecule has 0 bridgehead atoms. The van der Waals surface area contributed by atoms with Gasteiger partial charge in [-0.1, -0.05) is 45.9 Å². The van der Waals surface area contributed by atoms with Crippen LogP contribution in [0.25, 0.3) is 0 Å². The molecule has 1 aromatic rings. The maximum Gasteiger partial charge on any atom is 0.126 e. The van der Waals surface area contributed by atoms with Gasteiger partial charge in [0.25, 0.3) is 0 Å². The van der Waals surface area contributed by atoms with Crippen LogP contribution in [0.15, 0.2) is 24.3 Å². The van der Waals surface area contributed by atoms with E-state index < -0.39 is 0 Å². The van der Waals surface area contributed by atoms with E-state index in [1.807, 2.05) is 12.1 Å². The van der Waals surface area contributed by atoms with Crippen LogP contribution in [-0.4, -0.2) is 12.6 Å². The van der Waals surface area contributed by atoms with Gasteiger partial charge in [0, 0.05) is 6.04 Å². The van der Waals surface area contributed by atoms with E-state index in [1.165, 1.54) is 0 Å². The van der Waals surface area contributed by atoms with Crippen molar-refractivity contribution in [3.63, 3.8) is 0 Å². The molecular weight excluding hydrogens is 225 g/mol. The average molecular weight is 251 g/mol. The predicted molar refractivity (Wildman–Crippen MR) is 76.3 cm³/mol. The lowest BCUT2D eigenvalue weighted by Gasteiger charge is -2.24. The van der Waals surface area contributed by atoms with Crippen molar-refractivity contribution in [2.75, 3.05) is 6.54 Å². The first-order valence-electron chi connectivity index (χ1n) is 6.89. The summed E-state index contributed by atoms with van der Waals surface area (Å²) in [5.41, 5.74) is 1.15. The van der Waals surface area contributed by atoms with Gasteiger partial charge in [-0.3, -0.25) is 0 Å². The molecule has 1 rings (SSSR count). The highest BCUT2D eigenvalue weighted by molar-refractivity contribution is 5.18. The zero-order valence-electron chi connectivity index (χ0n) is 12.1. The number of rotatable bonds is 6. The minimum atomic E-state index is -0.0869. The van der Waals surface area contributed by atoms with Crippen LogP contribution in [0.2, 0.25) is 0 Å². The second-order valence-corrected chi connectivity index (χ2v) is 6.15. The zero-order chi connectivity index (χ0) is 13.6. The highest BCUT2D eigenvalue weighted by Gasteiger charge is 2.16. The topological polar surface area (TPSA) is 12.0 Å². The molecule has 1 unspecified atom stereocenters. The Balaban J connectivity index is 2.60. The van der Waals surface area contributed by atoms with Crippen molar-refractivity contribution in [2.24, 2.45) is 5.41 Å². The lowest BCUT2D eigenvalue weighted by Crippen LogP contribution is -2.32. The van der Waals surface area contributed by atoms with Crippen LogP contribution in [0, 0.1) is 11.2 Å². The van der Waals surface area contributed by atoms with Crippen molar-refractivity contribution in [2.45, 2.75) is 53.0 Å². The fraction of sp³-hybridized carbons (Fsp3) is 0.625. The Bertz CT molecular complexity index is 354. The SMILES string of the molecule is CCNC(CCC(C)(C)C)Cc1ccccc1F. The molecular formula is C16H26FN. The van der Waals surface area contributed by atoms with E-state index in [0.717, 1.165) is 31.4 Å². The number of likely N-dealkylation sites (N-methyl/N-ethyl adjacent to an activating group) is 1. The molecule has 0 saturated heterocycles. The molecule has 1 nitrogen and oxygen atoms in total. The van der Waals surface area contributed by atoms with Crippen LogP contribution >= 0.6 is 0 Å². The first-order chi connectivity index (χ1) is 8.42. The van der Waals surface area contributed by atoms with E-state index in [1.54, 1.807) is 12.1 Å². The van der Waals surface area contributed by atoms with Crippen molar-refractivity contribution >= 4 is 0 Å². The summed E-state index contributed by atoms with van der Waals surface area (Å²) in [5.74, 6) is -0.0869. The van der Waals surface area contributed by atoms with Gasteiger partial charge in [0.2, 0.25) is 0 Å². The molecule has 1 aromatic carbocycles. The number of halogens is 1. The third-order valence-electron chi connectivity index (χ3n) is 3.16. The van der Waals surface area contributed by atoms with Crippen molar-refractivity contribution in [3.8, 4) is 0 Å². The third-order valence-corrected chi connectivity index (χ3v) is 3.16. The Hall–Kier alpha value is -0.890. The van der Waals surface area contributed by atoms with E-state index in [-0.39, 0.29) is 5.82 Å². The normalized spacial score (nSPS) is 13.6. The molecule has 0 aliphatic carbocycles. The van der Waals surface area contributed by atoms with Crippen LogP contribution in [0.5, 0.6) is 0 Å². The highest BCUT2D eigenvalue weighted by atomic mass is 19.1. The largest absolute Gasteiger partial charge is 0.314 e. The van der Waals surface area contributed by atoms with Crippen LogP contribution in [-0.2, 0) is 6.42 Å². The molecule has 0 aliphatic heterocycles. The van der Waals surface area contributed by atoms with Crippen molar-refractivity contribution in [1.29, 1.82) is 0 Å². The van der Waals surface area contributed by atoms with Gasteiger partial charge in [0.15, 0.2) is 0 Å². The molecule has 2 heteroatoms. The van der Waals surface area contributed by atoms with Gasteiger partial charge in [-0.05, 0) is 42.9 Å². The second kappa shape index (κ2) is 6.89. The van der Waals surface area contributed by atoms with Crippen LogP contribution in [0.1, 0.15) is 46.1 Å². The monoisotopic (exact) mass is 251 g/mol. The average Bonchev–Trinajstić information content (AvgIpc) is 2.28. The maximum atomic E-state index is 13.6. The molecule has 0 aliphatic rings. The standard InChI is InChI=1S/C16H26FN/c1-5-18-14(10-11-16(2,3)4)12-13-8-6-7-9-15(13)17/h6-9,14,18H,5,10-12H2,1-4H3. The molecule has 0 saturated carbocycles. The Morgan fingerprint density at radius 3 is 2.44 bits per heavy atom. The molecule has 0 radical (unpaired) electrons. The van der Waals surface area contributed by atoms with Crippen molar-refractivity contribution in [1.82, 2.24) is 5.32 Å². The first-order valence-corrected chi connectivity index (χ1v) is 6.89. The van der Waals surface area contributed by atoms with E-state index in [4.69, 9.17) is 0 Å². The Morgan fingerprint density at radius 1 is 1.22 bits per heavy atom. The molecule has 1 atom stereocenters. The smallest absolute Gasteiger partial charge is 0.126 e. The molecule has 18 heavy (non-hydrogen) atoms. The van der Waals surface area contributed by atoms with E-state index in [2.05, 4.69) is 33.0 Å². The maximum absolute atomic E-state index is 13.6. The highest BCUT2D eigenvalue weighted by Crippen LogP contribution is 2.23. The molecule has 102 valence electrons. The lowest BCUT2D eigenvalue weighted by atomic mass is 9.87. The van der Waals surface area contributed by atoms with Gasteiger partial charge >= 0.3 is 0 Å². The summed E-state index contributed by atoms with van der Waals surface area (Å²) in [6.07, 6.45) is 3.02. The van der Waals surface area contributed by atoms with Gasteiger partial charge in [-0.2, -0.15) is 0 Å². The minimum Gasteiger partial charge on any atom is -0.314 e. The van der Waals surface area contributed by atoms with Gasteiger partial charge in [0.1, 0.15) is 5.82 Å². The first kappa shape index (κ1) is 15.2. The molecule has 0 aromatic heterocycles. The third kappa shape index (κ3) is 5.63. The number of hydrogen-bond acceptors (Lipinski definition) is 1. The summed E-state index contributed by atoms with van der Waals surface area (Å²) in [6, 6.07) is 7.45. The second-order valence-electron chi connectivity index (χ2n) is 6.15. The fourth-order valence-corrected chi connectivity index (χ4v) is 2.10. The zero-order valence-corrected chi connectivity index (χ0v) is 12.1. The van der Waals surface area contributed by atoms with Gasteiger partial charge in [-0.25, -0.2) is 4.39 Å².